The molecule has 28 heavy (non-hydrogen) atoms. The molecule has 1 aliphatic rings. The van der Waals surface area contributed by atoms with E-state index in [1.807, 2.05) is 0 Å². The number of hydrogen-bond donors (Lipinski definition) is 1. The van der Waals surface area contributed by atoms with Crippen LogP contribution in [-0.2, 0) is 14.9 Å². The number of benzene rings is 1. The molecule has 5 nitrogen and oxygen atoms in total. The third kappa shape index (κ3) is 6.09. The summed E-state index contributed by atoms with van der Waals surface area (Å²) in [7, 11) is 1.47. The third-order valence-electron chi connectivity index (χ3n) is 5.94. The van der Waals surface area contributed by atoms with Crippen LogP contribution >= 0.6 is 24.0 Å². The van der Waals surface area contributed by atoms with Gasteiger partial charge in [0.05, 0.1) is 19.6 Å². The van der Waals surface area contributed by atoms with E-state index < -0.39 is 0 Å². The summed E-state index contributed by atoms with van der Waals surface area (Å²) in [5.41, 5.74) is 1.42. The van der Waals surface area contributed by atoms with E-state index in [-0.39, 0.29) is 41.3 Å². The zero-order valence-corrected chi connectivity index (χ0v) is 20.1. The van der Waals surface area contributed by atoms with Gasteiger partial charge in [-0.2, -0.15) is 0 Å². The number of ether oxygens (including phenoxy) is 1. The highest BCUT2D eigenvalue weighted by Gasteiger charge is 2.30. The van der Waals surface area contributed by atoms with Gasteiger partial charge in [0.2, 0.25) is 0 Å². The Morgan fingerprint density at radius 3 is 2.29 bits per heavy atom. The number of nitrogens with one attached hydrogen (secondary N) is 1. The van der Waals surface area contributed by atoms with Gasteiger partial charge in [-0.05, 0) is 38.2 Å². The van der Waals surface area contributed by atoms with Gasteiger partial charge in [-0.1, -0.05) is 44.2 Å². The number of methoxy groups -OCH3 is 1. The van der Waals surface area contributed by atoms with Gasteiger partial charge in [-0.3, -0.25) is 9.79 Å². The second kappa shape index (κ2) is 12.3. The van der Waals surface area contributed by atoms with Crippen molar-refractivity contribution in [2.75, 3.05) is 33.3 Å². The quantitative estimate of drug-likeness (QED) is 0.263. The van der Waals surface area contributed by atoms with Crippen LogP contribution in [-0.4, -0.2) is 50.1 Å². The van der Waals surface area contributed by atoms with Crippen LogP contribution in [0, 0.1) is 5.92 Å². The Hall–Kier alpha value is -1.31. The summed E-state index contributed by atoms with van der Waals surface area (Å²) >= 11 is 0. The molecule has 1 heterocycles. The Morgan fingerprint density at radius 2 is 1.79 bits per heavy atom. The maximum Gasteiger partial charge on any atom is 0.308 e. The van der Waals surface area contributed by atoms with Crippen LogP contribution in [0.2, 0.25) is 0 Å². The molecule has 0 bridgehead atoms. The molecule has 0 amide bonds. The lowest BCUT2D eigenvalue weighted by Crippen LogP contribution is -2.47. The van der Waals surface area contributed by atoms with Crippen molar-refractivity contribution < 1.29 is 9.53 Å². The van der Waals surface area contributed by atoms with Crippen LogP contribution in [0.25, 0.3) is 0 Å². The summed E-state index contributed by atoms with van der Waals surface area (Å²) in [5, 5.41) is 3.44. The van der Waals surface area contributed by atoms with E-state index in [1.54, 1.807) is 0 Å². The van der Waals surface area contributed by atoms with Crippen molar-refractivity contribution in [3.05, 3.63) is 35.9 Å². The van der Waals surface area contributed by atoms with E-state index in [9.17, 15) is 4.79 Å². The van der Waals surface area contributed by atoms with E-state index in [0.29, 0.717) is 0 Å². The summed E-state index contributed by atoms with van der Waals surface area (Å²) in [6.07, 6.45) is 3.76. The molecular formula is C22H36IN3O2. The van der Waals surface area contributed by atoms with Gasteiger partial charge in [-0.15, -0.1) is 24.0 Å². The number of guanidine groups is 1. The zero-order valence-electron chi connectivity index (χ0n) is 17.7. The van der Waals surface area contributed by atoms with Gasteiger partial charge >= 0.3 is 5.97 Å². The topological polar surface area (TPSA) is 53.9 Å². The Labute approximate surface area is 187 Å². The standard InChI is InChI=1S/C22H35N3O2.HI/c1-5-22(6-2,19-11-9-8-10-12-19)17-24-21(23-7-3)25-15-13-18(14-16-25)20(26)27-4;/h8-12,18H,5-7,13-17H2,1-4H3,(H,23,24);1H. The molecule has 1 aromatic carbocycles. The molecular weight excluding hydrogens is 465 g/mol. The molecule has 1 saturated heterocycles. The van der Waals surface area contributed by atoms with Crippen LogP contribution in [0.5, 0.6) is 0 Å². The molecule has 0 atom stereocenters. The van der Waals surface area contributed by atoms with E-state index in [1.165, 1.54) is 12.7 Å². The number of halogens is 1. The number of aliphatic imine (C=N–C) groups is 1. The van der Waals surface area contributed by atoms with Gasteiger partial charge in [0.15, 0.2) is 5.96 Å². The number of piperidine rings is 1. The lowest BCUT2D eigenvalue weighted by molar-refractivity contribution is -0.146. The summed E-state index contributed by atoms with van der Waals surface area (Å²) in [6.45, 7) is 9.88. The molecule has 0 aliphatic carbocycles. The van der Waals surface area contributed by atoms with Crippen molar-refractivity contribution in [3.63, 3.8) is 0 Å². The molecule has 1 aliphatic heterocycles. The van der Waals surface area contributed by atoms with Gasteiger partial charge in [0.25, 0.3) is 0 Å². The summed E-state index contributed by atoms with van der Waals surface area (Å²) < 4.78 is 4.90. The third-order valence-corrected chi connectivity index (χ3v) is 5.94. The first kappa shape index (κ1) is 24.7. The molecule has 0 unspecified atom stereocenters. The molecule has 1 aromatic rings. The first-order valence-electron chi connectivity index (χ1n) is 10.3. The molecule has 2 rings (SSSR count). The summed E-state index contributed by atoms with van der Waals surface area (Å²) in [6, 6.07) is 10.7. The van der Waals surface area contributed by atoms with Crippen molar-refractivity contribution >= 4 is 35.9 Å². The van der Waals surface area contributed by atoms with Crippen molar-refractivity contribution in [3.8, 4) is 0 Å². The van der Waals surface area contributed by atoms with Crippen LogP contribution < -0.4 is 5.32 Å². The first-order chi connectivity index (χ1) is 13.1. The lowest BCUT2D eigenvalue weighted by atomic mass is 9.76. The number of hydrogen-bond acceptors (Lipinski definition) is 3. The Bertz CT molecular complexity index is 609. The minimum atomic E-state index is -0.0864. The van der Waals surface area contributed by atoms with Crippen LogP contribution in [0.1, 0.15) is 52.0 Å². The predicted octanol–water partition coefficient (Wildman–Crippen LogP) is 4.21. The van der Waals surface area contributed by atoms with Crippen LogP contribution in [0.4, 0.5) is 0 Å². The lowest BCUT2D eigenvalue weighted by Gasteiger charge is -2.35. The van der Waals surface area contributed by atoms with E-state index in [4.69, 9.17) is 9.73 Å². The van der Waals surface area contributed by atoms with E-state index in [0.717, 1.165) is 57.8 Å². The fourth-order valence-corrected chi connectivity index (χ4v) is 3.91. The van der Waals surface area contributed by atoms with Crippen molar-refractivity contribution in [2.45, 2.75) is 51.9 Å². The van der Waals surface area contributed by atoms with Crippen LogP contribution in [0.3, 0.4) is 0 Å². The minimum absolute atomic E-state index is 0. The highest BCUT2D eigenvalue weighted by atomic mass is 127. The molecule has 158 valence electrons. The van der Waals surface area contributed by atoms with E-state index >= 15 is 0 Å². The highest BCUT2D eigenvalue weighted by Crippen LogP contribution is 2.32. The van der Waals surface area contributed by atoms with Gasteiger partial charge in [-0.25, -0.2) is 0 Å². The Morgan fingerprint density at radius 1 is 1.18 bits per heavy atom. The van der Waals surface area contributed by atoms with Gasteiger partial charge in [0.1, 0.15) is 0 Å². The van der Waals surface area contributed by atoms with Crippen molar-refractivity contribution in [2.24, 2.45) is 10.9 Å². The largest absolute Gasteiger partial charge is 0.469 e. The monoisotopic (exact) mass is 501 g/mol. The predicted molar refractivity (Wildman–Crippen MR) is 126 cm³/mol. The normalized spacial score (nSPS) is 15.7. The number of likely N-dealkylation sites (tertiary alicyclic amines) is 1. The van der Waals surface area contributed by atoms with Crippen LogP contribution in [0.15, 0.2) is 35.3 Å². The number of nitrogens with zero attached hydrogens (tertiary/aromatic N) is 2. The molecule has 6 heteroatoms. The average molecular weight is 501 g/mol. The smallest absolute Gasteiger partial charge is 0.308 e. The fourth-order valence-electron chi connectivity index (χ4n) is 3.91. The summed E-state index contributed by atoms with van der Waals surface area (Å²) in [4.78, 5) is 19.1. The Kier molecular flexibility index (Phi) is 10.9. The summed E-state index contributed by atoms with van der Waals surface area (Å²) in [5.74, 6) is 0.892. The number of esters is 1. The SMILES string of the molecule is CCNC(=NCC(CC)(CC)c1ccccc1)N1CCC(C(=O)OC)CC1.I. The first-order valence-corrected chi connectivity index (χ1v) is 10.3. The molecule has 0 aromatic heterocycles. The number of rotatable bonds is 7. The highest BCUT2D eigenvalue weighted by molar-refractivity contribution is 14.0. The van der Waals surface area contributed by atoms with Crippen molar-refractivity contribution in [1.82, 2.24) is 10.2 Å². The Balaban J connectivity index is 0.00000392. The second-order valence-electron chi connectivity index (χ2n) is 7.31. The second-order valence-corrected chi connectivity index (χ2v) is 7.31. The number of carbonyl (C=O) groups excluding carboxylic acids is 1. The molecule has 0 radical (unpaired) electrons. The fraction of sp³-hybridized carbons (Fsp3) is 0.636. The van der Waals surface area contributed by atoms with Gasteiger partial charge in [0, 0.05) is 25.0 Å². The van der Waals surface area contributed by atoms with E-state index in [2.05, 4.69) is 61.3 Å². The van der Waals surface area contributed by atoms with Crippen molar-refractivity contribution in [1.29, 1.82) is 0 Å². The molecule has 1 N–H and O–H groups in total. The minimum Gasteiger partial charge on any atom is -0.469 e. The number of carbonyl (C=O) groups is 1. The molecule has 0 saturated carbocycles. The maximum absolute atomic E-state index is 11.8. The molecule has 0 spiro atoms. The average Bonchev–Trinajstić information content (AvgIpc) is 2.74. The molecule has 1 fully saturated rings. The maximum atomic E-state index is 11.8. The van der Waals surface area contributed by atoms with Gasteiger partial charge < -0.3 is 15.0 Å². The zero-order chi connectivity index (χ0) is 19.7.